The lowest BCUT2D eigenvalue weighted by molar-refractivity contribution is 0.250. The molecule has 1 aromatic heterocycles. The van der Waals surface area contributed by atoms with Crippen molar-refractivity contribution < 1.29 is 9.53 Å². The molecule has 0 unspecified atom stereocenters. The summed E-state index contributed by atoms with van der Waals surface area (Å²) < 4.78 is 8.60. The maximum absolute atomic E-state index is 12.7. The molecular formula is C18H15BrN4O3. The number of carbonyl (C=O) groups is 1. The maximum Gasteiger partial charge on any atom is 0.354 e. The lowest BCUT2D eigenvalue weighted by Gasteiger charge is -2.15. The molecule has 0 atom stereocenters. The van der Waals surface area contributed by atoms with Crippen molar-refractivity contribution in [2.75, 3.05) is 12.0 Å². The van der Waals surface area contributed by atoms with Gasteiger partial charge in [0.1, 0.15) is 5.75 Å². The quantitative estimate of drug-likeness (QED) is 0.657. The summed E-state index contributed by atoms with van der Waals surface area (Å²) in [4.78, 5) is 26.9. The maximum atomic E-state index is 12.7. The molecule has 0 fully saturated rings. The molecule has 1 aliphatic heterocycles. The van der Waals surface area contributed by atoms with Crippen molar-refractivity contribution in [3.63, 3.8) is 0 Å². The first-order valence-electron chi connectivity index (χ1n) is 7.96. The van der Waals surface area contributed by atoms with E-state index in [0.29, 0.717) is 23.8 Å². The van der Waals surface area contributed by atoms with Gasteiger partial charge in [0.15, 0.2) is 5.82 Å². The van der Waals surface area contributed by atoms with Crippen LogP contribution in [-0.4, -0.2) is 27.5 Å². The molecular weight excluding hydrogens is 400 g/mol. The highest BCUT2D eigenvalue weighted by Crippen LogP contribution is 2.26. The Hall–Kier alpha value is -2.87. The Balaban J connectivity index is 1.62. The van der Waals surface area contributed by atoms with Crippen LogP contribution in [0.2, 0.25) is 0 Å². The van der Waals surface area contributed by atoms with Crippen molar-refractivity contribution >= 4 is 27.6 Å². The highest BCUT2D eigenvalue weighted by molar-refractivity contribution is 9.10. The first-order chi connectivity index (χ1) is 12.6. The van der Waals surface area contributed by atoms with Gasteiger partial charge in [-0.1, -0.05) is 34.1 Å². The number of fused-ring (bicyclic) bond motifs is 1. The van der Waals surface area contributed by atoms with E-state index in [1.165, 1.54) is 9.58 Å². The molecule has 26 heavy (non-hydrogen) atoms. The zero-order valence-corrected chi connectivity index (χ0v) is 15.5. The Morgan fingerprint density at radius 2 is 1.92 bits per heavy atom. The predicted molar refractivity (Wildman–Crippen MR) is 99.7 cm³/mol. The monoisotopic (exact) mass is 414 g/mol. The van der Waals surface area contributed by atoms with Gasteiger partial charge in [0.05, 0.1) is 20.2 Å². The highest BCUT2D eigenvalue weighted by atomic mass is 79.9. The van der Waals surface area contributed by atoms with Crippen molar-refractivity contribution in [1.29, 1.82) is 0 Å². The second kappa shape index (κ2) is 6.45. The number of anilines is 1. The Morgan fingerprint density at radius 1 is 1.15 bits per heavy atom. The van der Waals surface area contributed by atoms with Crippen LogP contribution < -0.4 is 15.3 Å². The van der Waals surface area contributed by atoms with Crippen LogP contribution >= 0.6 is 15.9 Å². The van der Waals surface area contributed by atoms with Gasteiger partial charge in [-0.05, 0) is 29.8 Å². The molecule has 0 saturated heterocycles. The lowest BCUT2D eigenvalue weighted by atomic mass is 10.2. The largest absolute Gasteiger partial charge is 0.497 e. The van der Waals surface area contributed by atoms with Gasteiger partial charge in [-0.2, -0.15) is 9.67 Å². The van der Waals surface area contributed by atoms with Gasteiger partial charge in [0.25, 0.3) is 0 Å². The minimum Gasteiger partial charge on any atom is -0.497 e. The zero-order chi connectivity index (χ0) is 18.3. The molecule has 3 aromatic rings. The molecule has 8 heteroatoms. The van der Waals surface area contributed by atoms with E-state index in [-0.39, 0.29) is 6.54 Å². The smallest absolute Gasteiger partial charge is 0.354 e. The van der Waals surface area contributed by atoms with Crippen LogP contribution in [0.3, 0.4) is 0 Å². The molecule has 0 spiro atoms. The molecule has 2 aromatic carbocycles. The summed E-state index contributed by atoms with van der Waals surface area (Å²) in [5.74, 6) is 1.08. The van der Waals surface area contributed by atoms with Gasteiger partial charge in [-0.3, -0.25) is 4.90 Å². The first kappa shape index (κ1) is 16.6. The minimum atomic E-state index is -0.432. The molecule has 7 nitrogen and oxygen atoms in total. The zero-order valence-electron chi connectivity index (χ0n) is 13.9. The lowest BCUT2D eigenvalue weighted by Crippen LogP contribution is -2.35. The molecule has 2 heterocycles. The number of nitrogens with zero attached hydrogens (tertiary/aromatic N) is 4. The fraction of sp³-hybridized carbons (Fsp3) is 0.167. The Bertz CT molecular complexity index is 1040. The molecule has 0 aliphatic carbocycles. The molecule has 0 saturated carbocycles. The van der Waals surface area contributed by atoms with Crippen molar-refractivity contribution in [2.45, 2.75) is 13.1 Å². The van der Waals surface area contributed by atoms with Crippen molar-refractivity contribution in [3.05, 3.63) is 74.9 Å². The molecule has 132 valence electrons. The van der Waals surface area contributed by atoms with Crippen LogP contribution in [0.5, 0.6) is 5.75 Å². The predicted octanol–water partition coefficient (Wildman–Crippen LogP) is 2.85. The highest BCUT2D eigenvalue weighted by Gasteiger charge is 2.33. The van der Waals surface area contributed by atoms with E-state index in [4.69, 9.17) is 4.74 Å². The number of halogens is 1. The summed E-state index contributed by atoms with van der Waals surface area (Å²) in [6, 6.07) is 14.4. The summed E-state index contributed by atoms with van der Waals surface area (Å²) >= 11 is 3.38. The van der Waals surface area contributed by atoms with Gasteiger partial charge in [0, 0.05) is 16.2 Å². The van der Waals surface area contributed by atoms with Gasteiger partial charge >= 0.3 is 11.7 Å². The summed E-state index contributed by atoms with van der Waals surface area (Å²) in [6.45, 7) is 0.563. The van der Waals surface area contributed by atoms with Crippen molar-refractivity contribution in [1.82, 2.24) is 14.3 Å². The van der Waals surface area contributed by atoms with Crippen LogP contribution in [0.25, 0.3) is 0 Å². The van der Waals surface area contributed by atoms with E-state index in [1.807, 2.05) is 24.3 Å². The van der Waals surface area contributed by atoms with Crippen molar-refractivity contribution in [2.24, 2.45) is 0 Å². The average molecular weight is 415 g/mol. The van der Waals surface area contributed by atoms with Crippen molar-refractivity contribution in [3.8, 4) is 5.75 Å². The third kappa shape index (κ3) is 2.82. The van der Waals surface area contributed by atoms with Crippen LogP contribution in [0.4, 0.5) is 10.5 Å². The fourth-order valence-electron chi connectivity index (χ4n) is 2.92. The SMILES string of the molecule is COc1cccc(N2Cc3nn(Cc4ccc(Br)cc4)c(=O)n3C2=O)c1. The normalized spacial score (nSPS) is 13.2. The summed E-state index contributed by atoms with van der Waals surface area (Å²) in [5, 5.41) is 4.34. The number of amides is 1. The molecule has 0 bridgehead atoms. The number of rotatable bonds is 4. The summed E-state index contributed by atoms with van der Waals surface area (Å²) in [5.41, 5.74) is 1.17. The molecule has 0 N–H and O–H groups in total. The van der Waals surface area contributed by atoms with Crippen LogP contribution in [0, 0.1) is 0 Å². The van der Waals surface area contributed by atoms with E-state index in [2.05, 4.69) is 21.0 Å². The third-order valence-corrected chi connectivity index (χ3v) is 4.77. The molecule has 1 aliphatic rings. The Labute approximate surface area is 157 Å². The first-order valence-corrected chi connectivity index (χ1v) is 8.75. The molecule has 0 radical (unpaired) electrons. The molecule has 1 amide bonds. The number of hydrogen-bond acceptors (Lipinski definition) is 4. The number of aromatic nitrogens is 3. The van der Waals surface area contributed by atoms with Gasteiger partial charge in [-0.25, -0.2) is 14.3 Å². The van der Waals surface area contributed by atoms with E-state index in [9.17, 15) is 9.59 Å². The third-order valence-electron chi connectivity index (χ3n) is 4.24. The second-order valence-corrected chi connectivity index (χ2v) is 6.80. The van der Waals surface area contributed by atoms with Gasteiger partial charge < -0.3 is 4.74 Å². The second-order valence-electron chi connectivity index (χ2n) is 5.89. The summed E-state index contributed by atoms with van der Waals surface area (Å²) in [7, 11) is 1.57. The number of carbonyl (C=O) groups excluding carboxylic acids is 1. The van der Waals surface area contributed by atoms with E-state index < -0.39 is 11.7 Å². The minimum absolute atomic E-state index is 0.245. The van der Waals surface area contributed by atoms with Crippen LogP contribution in [0.1, 0.15) is 11.4 Å². The number of benzene rings is 2. The van der Waals surface area contributed by atoms with E-state index in [0.717, 1.165) is 14.6 Å². The van der Waals surface area contributed by atoms with E-state index in [1.54, 1.807) is 31.4 Å². The number of hydrogen-bond donors (Lipinski definition) is 0. The summed E-state index contributed by atoms with van der Waals surface area (Å²) in [6.07, 6.45) is 0. The van der Waals surface area contributed by atoms with Gasteiger partial charge in [0.2, 0.25) is 0 Å². The Morgan fingerprint density at radius 3 is 2.62 bits per heavy atom. The average Bonchev–Trinajstić information content (AvgIpc) is 3.14. The standard InChI is InChI=1S/C18H15BrN4O3/c1-26-15-4-2-3-14(9-15)21-11-16-20-22(18(25)23(16)17(21)24)10-12-5-7-13(19)8-6-12/h2-9H,10-11H2,1H3. The number of methoxy groups -OCH3 is 1. The topological polar surface area (TPSA) is 69.4 Å². The van der Waals surface area contributed by atoms with Gasteiger partial charge in [-0.15, -0.1) is 0 Å². The van der Waals surface area contributed by atoms with Crippen LogP contribution in [-0.2, 0) is 13.1 Å². The Kier molecular flexibility index (Phi) is 4.12. The van der Waals surface area contributed by atoms with E-state index >= 15 is 0 Å². The number of ether oxygens (including phenoxy) is 1. The van der Waals surface area contributed by atoms with Crippen LogP contribution in [0.15, 0.2) is 57.8 Å². The molecule has 4 rings (SSSR count). The fourth-order valence-corrected chi connectivity index (χ4v) is 3.19.